The van der Waals surface area contributed by atoms with Gasteiger partial charge >= 0.3 is 0 Å². The Morgan fingerprint density at radius 1 is 1.29 bits per heavy atom. The van der Waals surface area contributed by atoms with E-state index >= 15 is 0 Å². The molecule has 0 saturated heterocycles. The zero-order valence-corrected chi connectivity index (χ0v) is 12.3. The van der Waals surface area contributed by atoms with Gasteiger partial charge in [-0.15, -0.1) is 0 Å². The van der Waals surface area contributed by atoms with E-state index in [0.717, 1.165) is 30.6 Å². The molecule has 4 heteroatoms. The molecule has 2 heterocycles. The highest BCUT2D eigenvalue weighted by Crippen LogP contribution is 2.32. The number of carbonyl (C=O) groups is 1. The molecule has 0 spiro atoms. The van der Waals surface area contributed by atoms with Crippen LogP contribution in [0.4, 0.5) is 5.69 Å². The van der Waals surface area contributed by atoms with Crippen LogP contribution in [0.5, 0.6) is 5.88 Å². The van der Waals surface area contributed by atoms with Gasteiger partial charge in [-0.3, -0.25) is 4.79 Å². The van der Waals surface area contributed by atoms with Crippen LogP contribution in [-0.4, -0.2) is 24.5 Å². The monoisotopic (exact) mass is 282 g/mol. The first-order valence-corrected chi connectivity index (χ1v) is 7.11. The maximum atomic E-state index is 12.9. The average molecular weight is 282 g/mol. The topological polar surface area (TPSA) is 42.4 Å². The molecule has 21 heavy (non-hydrogen) atoms. The molecular weight excluding hydrogens is 264 g/mol. The fourth-order valence-corrected chi connectivity index (χ4v) is 2.91. The largest absolute Gasteiger partial charge is 0.480 e. The molecular formula is C17H18N2O2. The zero-order chi connectivity index (χ0) is 14.8. The smallest absolute Gasteiger partial charge is 0.263 e. The summed E-state index contributed by atoms with van der Waals surface area (Å²) in [5.41, 5.74) is 3.91. The summed E-state index contributed by atoms with van der Waals surface area (Å²) >= 11 is 0. The number of nitrogens with zero attached hydrogens (tertiary/aromatic N) is 2. The van der Waals surface area contributed by atoms with E-state index in [4.69, 9.17) is 4.74 Å². The van der Waals surface area contributed by atoms with E-state index in [9.17, 15) is 4.79 Å². The Morgan fingerprint density at radius 2 is 2.14 bits per heavy atom. The van der Waals surface area contributed by atoms with Crippen LogP contribution in [-0.2, 0) is 6.42 Å². The minimum atomic E-state index is -0.0461. The molecule has 0 bridgehead atoms. The number of rotatable bonds is 2. The molecule has 3 rings (SSSR count). The first kappa shape index (κ1) is 13.6. The van der Waals surface area contributed by atoms with E-state index in [0.29, 0.717) is 11.4 Å². The third-order valence-corrected chi connectivity index (χ3v) is 3.86. The van der Waals surface area contributed by atoms with Crippen LogP contribution in [0.15, 0.2) is 36.5 Å². The zero-order valence-electron chi connectivity index (χ0n) is 12.3. The maximum absolute atomic E-state index is 12.9. The Balaban J connectivity index is 2.05. The molecule has 4 nitrogen and oxygen atoms in total. The van der Waals surface area contributed by atoms with Crippen molar-refractivity contribution in [2.24, 2.45) is 0 Å². The maximum Gasteiger partial charge on any atom is 0.263 e. The summed E-state index contributed by atoms with van der Waals surface area (Å²) in [4.78, 5) is 18.9. The molecule has 0 unspecified atom stereocenters. The Hall–Kier alpha value is -2.36. The number of anilines is 1. The van der Waals surface area contributed by atoms with E-state index in [2.05, 4.69) is 11.1 Å². The van der Waals surface area contributed by atoms with Gasteiger partial charge in [-0.1, -0.05) is 18.2 Å². The van der Waals surface area contributed by atoms with Crippen LogP contribution in [0, 0.1) is 6.92 Å². The second-order valence-electron chi connectivity index (χ2n) is 5.20. The third kappa shape index (κ3) is 2.37. The van der Waals surface area contributed by atoms with Gasteiger partial charge < -0.3 is 9.64 Å². The summed E-state index contributed by atoms with van der Waals surface area (Å²) in [5.74, 6) is 0.332. The van der Waals surface area contributed by atoms with E-state index in [1.165, 1.54) is 12.7 Å². The van der Waals surface area contributed by atoms with Crippen LogP contribution in [0.1, 0.15) is 27.9 Å². The first-order chi connectivity index (χ1) is 10.2. The number of hydrogen-bond donors (Lipinski definition) is 0. The molecule has 1 aromatic carbocycles. The molecule has 1 aliphatic rings. The number of amides is 1. The van der Waals surface area contributed by atoms with Gasteiger partial charge in [0.25, 0.3) is 5.91 Å². The van der Waals surface area contributed by atoms with Crippen molar-refractivity contribution in [2.45, 2.75) is 19.8 Å². The highest BCUT2D eigenvalue weighted by molar-refractivity contribution is 6.08. The van der Waals surface area contributed by atoms with Crippen molar-refractivity contribution < 1.29 is 9.53 Å². The molecule has 1 aliphatic heterocycles. The molecule has 0 aliphatic carbocycles. The molecule has 0 N–H and O–H groups in total. The number of methoxy groups -OCH3 is 1. The Morgan fingerprint density at radius 3 is 2.95 bits per heavy atom. The Kier molecular flexibility index (Phi) is 3.60. The minimum Gasteiger partial charge on any atom is -0.480 e. The second kappa shape index (κ2) is 5.56. The van der Waals surface area contributed by atoms with E-state index in [-0.39, 0.29) is 5.91 Å². The number of fused-ring (bicyclic) bond motifs is 1. The Labute approximate surface area is 124 Å². The lowest BCUT2D eigenvalue weighted by Crippen LogP contribution is -2.36. The van der Waals surface area contributed by atoms with Crippen LogP contribution < -0.4 is 9.64 Å². The van der Waals surface area contributed by atoms with Crippen molar-refractivity contribution in [1.82, 2.24) is 4.98 Å². The molecule has 2 aromatic rings. The van der Waals surface area contributed by atoms with Crippen molar-refractivity contribution in [2.75, 3.05) is 18.6 Å². The number of aryl methyl sites for hydroxylation is 2. The van der Waals surface area contributed by atoms with Crippen LogP contribution >= 0.6 is 0 Å². The highest BCUT2D eigenvalue weighted by Gasteiger charge is 2.27. The number of para-hydroxylation sites is 1. The van der Waals surface area contributed by atoms with Gasteiger partial charge in [0.2, 0.25) is 5.88 Å². The molecule has 1 amide bonds. The van der Waals surface area contributed by atoms with Crippen molar-refractivity contribution in [3.05, 3.63) is 53.2 Å². The molecule has 0 fully saturated rings. The number of aromatic nitrogens is 1. The van der Waals surface area contributed by atoms with Gasteiger partial charge in [0.1, 0.15) is 5.56 Å². The third-order valence-electron chi connectivity index (χ3n) is 3.86. The fourth-order valence-electron chi connectivity index (χ4n) is 2.91. The fraction of sp³-hybridized carbons (Fsp3) is 0.294. The van der Waals surface area contributed by atoms with Crippen LogP contribution in [0.3, 0.4) is 0 Å². The number of benzene rings is 1. The van der Waals surface area contributed by atoms with Gasteiger partial charge in [-0.25, -0.2) is 4.98 Å². The standard InChI is InChI=1S/C17H18N2O2/c1-12-6-3-7-13-8-5-11-19(15(12)13)17(20)14-9-4-10-18-16(14)21-2/h3-4,6-7,9-10H,5,8,11H2,1-2H3. The lowest BCUT2D eigenvalue weighted by atomic mass is 9.97. The van der Waals surface area contributed by atoms with Crippen molar-refractivity contribution in [3.8, 4) is 5.88 Å². The minimum absolute atomic E-state index is 0.0461. The molecule has 108 valence electrons. The SMILES string of the molecule is COc1ncccc1C(=O)N1CCCc2cccc(C)c21. The van der Waals surface area contributed by atoms with Crippen LogP contribution in [0.2, 0.25) is 0 Å². The quantitative estimate of drug-likeness (QED) is 0.850. The predicted molar refractivity (Wildman–Crippen MR) is 82.0 cm³/mol. The number of ether oxygens (including phenoxy) is 1. The lowest BCUT2D eigenvalue weighted by Gasteiger charge is -2.31. The summed E-state index contributed by atoms with van der Waals surface area (Å²) in [5, 5.41) is 0. The number of pyridine rings is 1. The first-order valence-electron chi connectivity index (χ1n) is 7.11. The summed E-state index contributed by atoms with van der Waals surface area (Å²) in [6.45, 7) is 2.78. The van der Waals surface area contributed by atoms with Gasteiger partial charge in [-0.2, -0.15) is 0 Å². The van der Waals surface area contributed by atoms with Gasteiger partial charge in [0.15, 0.2) is 0 Å². The normalized spacial score (nSPS) is 13.7. The molecule has 0 radical (unpaired) electrons. The number of hydrogen-bond acceptors (Lipinski definition) is 3. The van der Waals surface area contributed by atoms with Gasteiger partial charge in [0.05, 0.1) is 12.8 Å². The van der Waals surface area contributed by atoms with E-state index in [1.54, 1.807) is 18.3 Å². The Bertz CT molecular complexity index is 682. The molecule has 0 saturated carbocycles. The summed E-state index contributed by atoms with van der Waals surface area (Å²) in [7, 11) is 1.54. The second-order valence-corrected chi connectivity index (χ2v) is 5.20. The summed E-state index contributed by atoms with van der Waals surface area (Å²) in [6.07, 6.45) is 3.63. The van der Waals surface area contributed by atoms with Gasteiger partial charge in [-0.05, 0) is 43.0 Å². The van der Waals surface area contributed by atoms with Crippen molar-refractivity contribution in [3.63, 3.8) is 0 Å². The highest BCUT2D eigenvalue weighted by atomic mass is 16.5. The molecule has 1 aromatic heterocycles. The lowest BCUT2D eigenvalue weighted by molar-refractivity contribution is 0.0981. The predicted octanol–water partition coefficient (Wildman–Crippen LogP) is 2.99. The van der Waals surface area contributed by atoms with E-state index < -0.39 is 0 Å². The summed E-state index contributed by atoms with van der Waals surface area (Å²) in [6, 6.07) is 9.72. The number of carbonyl (C=O) groups excluding carboxylic acids is 1. The van der Waals surface area contributed by atoms with Crippen molar-refractivity contribution in [1.29, 1.82) is 0 Å². The molecule has 0 atom stereocenters. The average Bonchev–Trinajstić information content (AvgIpc) is 2.54. The summed E-state index contributed by atoms with van der Waals surface area (Å²) < 4.78 is 5.22. The van der Waals surface area contributed by atoms with Crippen LogP contribution in [0.25, 0.3) is 0 Å². The van der Waals surface area contributed by atoms with E-state index in [1.807, 2.05) is 24.0 Å². The van der Waals surface area contributed by atoms with Gasteiger partial charge in [0, 0.05) is 12.7 Å². The van der Waals surface area contributed by atoms with Crippen molar-refractivity contribution >= 4 is 11.6 Å².